The summed E-state index contributed by atoms with van der Waals surface area (Å²) in [4.78, 5) is 34.8. The van der Waals surface area contributed by atoms with Crippen LogP contribution in [0.2, 0.25) is 0 Å². The number of primary amides is 1. The minimum atomic E-state index is -0.495. The largest absolute Gasteiger partial charge is 0.365 e. The lowest BCUT2D eigenvalue weighted by Crippen LogP contribution is -2.24. The highest BCUT2D eigenvalue weighted by Gasteiger charge is 2.27. The Balaban J connectivity index is 1.38. The third kappa shape index (κ3) is 3.65. The Labute approximate surface area is 192 Å². The first-order chi connectivity index (χ1) is 15.5. The second-order valence-electron chi connectivity index (χ2n) is 7.48. The number of thioether (sulfide) groups is 1. The molecule has 10 heteroatoms. The lowest BCUT2D eigenvalue weighted by atomic mass is 10.1. The first-order valence-electron chi connectivity index (χ1n) is 10.2. The van der Waals surface area contributed by atoms with Crippen LogP contribution in [0.3, 0.4) is 0 Å². The number of para-hydroxylation sites is 1. The summed E-state index contributed by atoms with van der Waals surface area (Å²) in [5.41, 5.74) is 8.62. The zero-order valence-electron chi connectivity index (χ0n) is 17.2. The van der Waals surface area contributed by atoms with E-state index in [9.17, 15) is 9.59 Å². The molecule has 3 aromatic heterocycles. The van der Waals surface area contributed by atoms with Gasteiger partial charge in [-0.1, -0.05) is 30.0 Å². The van der Waals surface area contributed by atoms with Crippen molar-refractivity contribution in [2.24, 2.45) is 5.73 Å². The monoisotopic (exact) mass is 464 g/mol. The van der Waals surface area contributed by atoms with Gasteiger partial charge in [0.1, 0.15) is 16.4 Å². The van der Waals surface area contributed by atoms with Crippen LogP contribution in [0, 0.1) is 0 Å². The number of benzene rings is 1. The summed E-state index contributed by atoms with van der Waals surface area (Å²) in [6.07, 6.45) is 5.96. The van der Waals surface area contributed by atoms with Crippen LogP contribution in [0.1, 0.15) is 34.1 Å². The number of amides is 2. The fourth-order valence-corrected chi connectivity index (χ4v) is 6.04. The van der Waals surface area contributed by atoms with Gasteiger partial charge in [-0.25, -0.2) is 14.6 Å². The molecular formula is C22H20N6O2S2. The van der Waals surface area contributed by atoms with Crippen LogP contribution in [0.25, 0.3) is 16.7 Å². The van der Waals surface area contributed by atoms with Crippen LogP contribution in [-0.4, -0.2) is 36.8 Å². The van der Waals surface area contributed by atoms with E-state index < -0.39 is 11.2 Å². The van der Waals surface area contributed by atoms with Crippen LogP contribution in [-0.2, 0) is 17.6 Å². The number of rotatable bonds is 6. The number of hydrogen-bond donors (Lipinski definition) is 2. The Morgan fingerprint density at radius 2 is 2.03 bits per heavy atom. The van der Waals surface area contributed by atoms with Gasteiger partial charge in [0.05, 0.1) is 28.1 Å². The number of carbonyl (C=O) groups is 2. The number of hydrogen-bond acceptors (Lipinski definition) is 7. The molecule has 0 radical (unpaired) electrons. The zero-order valence-corrected chi connectivity index (χ0v) is 18.9. The average Bonchev–Trinajstić information content (AvgIpc) is 3.48. The summed E-state index contributed by atoms with van der Waals surface area (Å²) >= 11 is 2.78. The van der Waals surface area contributed by atoms with E-state index in [1.165, 1.54) is 29.4 Å². The molecule has 32 heavy (non-hydrogen) atoms. The van der Waals surface area contributed by atoms with Crippen molar-refractivity contribution >= 4 is 50.9 Å². The van der Waals surface area contributed by atoms with Gasteiger partial charge in [0.2, 0.25) is 5.91 Å². The van der Waals surface area contributed by atoms with Crippen molar-refractivity contribution in [1.82, 2.24) is 19.7 Å². The van der Waals surface area contributed by atoms with E-state index in [1.807, 2.05) is 30.3 Å². The number of carbonyl (C=O) groups excluding carboxylic acids is 2. The number of nitrogens with two attached hydrogens (primary N) is 1. The summed E-state index contributed by atoms with van der Waals surface area (Å²) in [5.74, 6) is -0.703. The maximum Gasteiger partial charge on any atom is 0.251 e. The standard InChI is InChI=1S/C22H20N6O2S2/c1-12(20(30)27-22-17(18(23)29)14-8-5-9-16(14)32-22)31-21-15-10-26-28(19(15)24-11-25-21)13-6-3-2-4-7-13/h2-4,6-7,10-12H,5,8-9H2,1H3,(H2,23,29)(H,27,30)/t12-/m0/s1. The molecule has 0 spiro atoms. The van der Waals surface area contributed by atoms with E-state index in [-0.39, 0.29) is 5.91 Å². The minimum absolute atomic E-state index is 0.209. The Morgan fingerprint density at radius 3 is 2.81 bits per heavy atom. The Morgan fingerprint density at radius 1 is 1.22 bits per heavy atom. The maximum absolute atomic E-state index is 12.9. The number of anilines is 1. The zero-order chi connectivity index (χ0) is 22.2. The number of fused-ring (bicyclic) bond motifs is 2. The fraction of sp³-hybridized carbons (Fsp3) is 0.227. The molecule has 1 aliphatic rings. The van der Waals surface area contributed by atoms with Crippen molar-refractivity contribution in [2.75, 3.05) is 5.32 Å². The normalized spacial score (nSPS) is 13.8. The number of aromatic nitrogens is 4. The molecule has 0 unspecified atom stereocenters. The van der Waals surface area contributed by atoms with E-state index in [2.05, 4.69) is 20.4 Å². The molecule has 0 aliphatic heterocycles. The van der Waals surface area contributed by atoms with Gasteiger partial charge >= 0.3 is 0 Å². The summed E-state index contributed by atoms with van der Waals surface area (Å²) in [6.45, 7) is 1.81. The maximum atomic E-state index is 12.9. The molecule has 0 saturated carbocycles. The molecule has 2 amide bonds. The second kappa shape index (κ2) is 8.36. The quantitative estimate of drug-likeness (QED) is 0.333. The third-order valence-electron chi connectivity index (χ3n) is 5.39. The predicted octanol–water partition coefficient (Wildman–Crippen LogP) is 3.58. The highest BCUT2D eigenvalue weighted by atomic mass is 32.2. The van der Waals surface area contributed by atoms with Crippen molar-refractivity contribution in [3.05, 3.63) is 58.9 Å². The summed E-state index contributed by atoms with van der Waals surface area (Å²) < 4.78 is 1.75. The number of nitrogens with one attached hydrogen (secondary N) is 1. The van der Waals surface area contributed by atoms with Crippen LogP contribution < -0.4 is 11.1 Å². The Kier molecular flexibility index (Phi) is 5.40. The average molecular weight is 465 g/mol. The molecule has 1 aliphatic carbocycles. The molecule has 4 aromatic rings. The van der Waals surface area contributed by atoms with Gasteiger partial charge in [0, 0.05) is 4.88 Å². The molecule has 1 atom stereocenters. The van der Waals surface area contributed by atoms with Gasteiger partial charge in [-0.2, -0.15) is 5.10 Å². The molecule has 0 bridgehead atoms. The topological polar surface area (TPSA) is 116 Å². The molecule has 0 fully saturated rings. The Bertz CT molecular complexity index is 1330. The first kappa shape index (κ1) is 20.7. The molecule has 3 heterocycles. The fourth-order valence-electron chi connectivity index (χ4n) is 3.86. The van der Waals surface area contributed by atoms with Crippen LogP contribution in [0.5, 0.6) is 0 Å². The van der Waals surface area contributed by atoms with E-state index >= 15 is 0 Å². The SMILES string of the molecule is C[C@H](Sc1ncnc2c1cnn2-c1ccccc1)C(=O)Nc1sc2c(c1C(N)=O)CCC2. The summed E-state index contributed by atoms with van der Waals surface area (Å²) in [6, 6.07) is 9.72. The van der Waals surface area contributed by atoms with Crippen molar-refractivity contribution in [1.29, 1.82) is 0 Å². The van der Waals surface area contributed by atoms with Gasteiger partial charge in [0.25, 0.3) is 5.91 Å². The Hall–Kier alpha value is -3.24. The highest BCUT2D eigenvalue weighted by Crippen LogP contribution is 2.39. The summed E-state index contributed by atoms with van der Waals surface area (Å²) in [7, 11) is 0. The van der Waals surface area contributed by atoms with E-state index in [0.717, 1.165) is 40.8 Å². The van der Waals surface area contributed by atoms with Crippen molar-refractivity contribution in [2.45, 2.75) is 36.5 Å². The molecule has 5 rings (SSSR count). The lowest BCUT2D eigenvalue weighted by Gasteiger charge is -2.12. The third-order valence-corrected chi connectivity index (χ3v) is 7.72. The predicted molar refractivity (Wildman–Crippen MR) is 125 cm³/mol. The molecule has 8 nitrogen and oxygen atoms in total. The van der Waals surface area contributed by atoms with E-state index in [4.69, 9.17) is 5.73 Å². The lowest BCUT2D eigenvalue weighted by molar-refractivity contribution is -0.115. The minimum Gasteiger partial charge on any atom is -0.365 e. The highest BCUT2D eigenvalue weighted by molar-refractivity contribution is 8.00. The number of nitrogens with zero attached hydrogens (tertiary/aromatic N) is 4. The van der Waals surface area contributed by atoms with E-state index in [1.54, 1.807) is 17.8 Å². The van der Waals surface area contributed by atoms with E-state index in [0.29, 0.717) is 21.2 Å². The molecule has 3 N–H and O–H groups in total. The van der Waals surface area contributed by atoms with Gasteiger partial charge in [-0.3, -0.25) is 9.59 Å². The molecule has 162 valence electrons. The van der Waals surface area contributed by atoms with Crippen LogP contribution in [0.4, 0.5) is 5.00 Å². The van der Waals surface area contributed by atoms with Gasteiger partial charge in [-0.15, -0.1) is 11.3 Å². The van der Waals surface area contributed by atoms with Crippen LogP contribution in [0.15, 0.2) is 47.9 Å². The number of aryl methyl sites for hydroxylation is 1. The van der Waals surface area contributed by atoms with Gasteiger partial charge < -0.3 is 11.1 Å². The smallest absolute Gasteiger partial charge is 0.251 e. The van der Waals surface area contributed by atoms with Crippen molar-refractivity contribution in [3.8, 4) is 5.69 Å². The molecule has 1 aromatic carbocycles. The van der Waals surface area contributed by atoms with Crippen LogP contribution >= 0.6 is 23.1 Å². The first-order valence-corrected chi connectivity index (χ1v) is 11.9. The second-order valence-corrected chi connectivity index (χ2v) is 9.92. The number of thiophene rings is 1. The van der Waals surface area contributed by atoms with Crippen molar-refractivity contribution in [3.63, 3.8) is 0 Å². The van der Waals surface area contributed by atoms with Gasteiger partial charge in [-0.05, 0) is 43.9 Å². The molecule has 0 saturated heterocycles. The summed E-state index contributed by atoms with van der Waals surface area (Å²) in [5, 5.41) is 8.91. The van der Waals surface area contributed by atoms with Gasteiger partial charge in [0.15, 0.2) is 5.65 Å². The van der Waals surface area contributed by atoms with Crippen molar-refractivity contribution < 1.29 is 9.59 Å². The molecular weight excluding hydrogens is 444 g/mol.